The molecule has 5 heteroatoms. The van der Waals surface area contributed by atoms with Gasteiger partial charge >= 0.3 is 0 Å². The van der Waals surface area contributed by atoms with E-state index in [2.05, 4.69) is 12.1 Å². The van der Waals surface area contributed by atoms with Gasteiger partial charge in [-0.2, -0.15) is 15.6 Å². The molecule has 0 amide bonds. The van der Waals surface area contributed by atoms with E-state index in [4.69, 9.17) is 10.4 Å². The van der Waals surface area contributed by atoms with Crippen LogP contribution in [0.3, 0.4) is 0 Å². The van der Waals surface area contributed by atoms with Crippen molar-refractivity contribution in [3.63, 3.8) is 0 Å². The third-order valence-corrected chi connectivity index (χ3v) is 4.63. The zero-order chi connectivity index (χ0) is 17.4. The SMILES string of the molecule is N#CCC[C@@H](C#N)Cn1nc2c3c(cccc31)C(=O)c1ccccc1-2. The van der Waals surface area contributed by atoms with Gasteiger partial charge in [-0.3, -0.25) is 9.48 Å². The molecule has 0 fully saturated rings. The van der Waals surface area contributed by atoms with E-state index < -0.39 is 0 Å². The topological polar surface area (TPSA) is 82.5 Å². The van der Waals surface area contributed by atoms with Gasteiger partial charge in [0.15, 0.2) is 5.78 Å². The monoisotopic (exact) mass is 326 g/mol. The molecule has 0 saturated carbocycles. The largest absolute Gasteiger partial charge is 0.289 e. The minimum absolute atomic E-state index is 0.00886. The molecule has 0 aliphatic heterocycles. The Morgan fingerprint density at radius 3 is 2.56 bits per heavy atom. The van der Waals surface area contributed by atoms with Crippen LogP contribution in [0, 0.1) is 28.6 Å². The van der Waals surface area contributed by atoms with Crippen molar-refractivity contribution in [3.05, 3.63) is 53.6 Å². The summed E-state index contributed by atoms with van der Waals surface area (Å²) in [7, 11) is 0. The quantitative estimate of drug-likeness (QED) is 0.572. The highest BCUT2D eigenvalue weighted by molar-refractivity contribution is 6.25. The van der Waals surface area contributed by atoms with Gasteiger partial charge in [0.1, 0.15) is 5.69 Å². The Kier molecular flexibility index (Phi) is 3.56. The minimum atomic E-state index is -0.286. The summed E-state index contributed by atoms with van der Waals surface area (Å²) in [5.74, 6) is -0.277. The summed E-state index contributed by atoms with van der Waals surface area (Å²) < 4.78 is 1.80. The number of rotatable bonds is 4. The summed E-state index contributed by atoms with van der Waals surface area (Å²) in [6.45, 7) is 0.411. The third kappa shape index (κ3) is 2.29. The first kappa shape index (κ1) is 15.1. The van der Waals surface area contributed by atoms with Gasteiger partial charge in [0, 0.05) is 28.5 Å². The molecule has 5 nitrogen and oxygen atoms in total. The third-order valence-electron chi connectivity index (χ3n) is 4.63. The molecule has 1 heterocycles. The number of nitriles is 2. The van der Waals surface area contributed by atoms with Crippen molar-refractivity contribution in [2.75, 3.05) is 0 Å². The normalized spacial score (nSPS) is 13.1. The van der Waals surface area contributed by atoms with Crippen LogP contribution < -0.4 is 0 Å². The molecule has 0 unspecified atom stereocenters. The highest BCUT2D eigenvalue weighted by atomic mass is 16.1. The van der Waals surface area contributed by atoms with E-state index in [0.717, 1.165) is 22.2 Å². The minimum Gasteiger partial charge on any atom is -0.289 e. The molecular formula is C20H14N4O. The van der Waals surface area contributed by atoms with E-state index in [1.54, 1.807) is 4.68 Å². The van der Waals surface area contributed by atoms with Gasteiger partial charge in [0.05, 0.1) is 30.1 Å². The number of aromatic nitrogens is 2. The van der Waals surface area contributed by atoms with Crippen molar-refractivity contribution in [1.82, 2.24) is 9.78 Å². The number of fused-ring (bicyclic) bond motifs is 2. The summed E-state index contributed by atoms with van der Waals surface area (Å²) in [4.78, 5) is 12.8. The molecule has 3 aromatic rings. The maximum Gasteiger partial charge on any atom is 0.194 e. The van der Waals surface area contributed by atoms with Gasteiger partial charge in [-0.1, -0.05) is 36.4 Å². The van der Waals surface area contributed by atoms with Crippen LogP contribution in [0.4, 0.5) is 0 Å². The maximum absolute atomic E-state index is 12.8. The number of carbonyl (C=O) groups is 1. The smallest absolute Gasteiger partial charge is 0.194 e. The van der Waals surface area contributed by atoms with E-state index in [1.165, 1.54) is 0 Å². The average molecular weight is 326 g/mol. The lowest BCUT2D eigenvalue weighted by Crippen LogP contribution is -2.10. The van der Waals surface area contributed by atoms with Gasteiger partial charge in [-0.15, -0.1) is 0 Å². The number of hydrogen-bond donors (Lipinski definition) is 0. The fourth-order valence-corrected chi connectivity index (χ4v) is 3.42. The Labute approximate surface area is 144 Å². The second-order valence-corrected chi connectivity index (χ2v) is 6.13. The lowest BCUT2D eigenvalue weighted by Gasteiger charge is -2.13. The molecule has 2 aromatic carbocycles. The summed E-state index contributed by atoms with van der Waals surface area (Å²) in [6, 6.07) is 17.4. The van der Waals surface area contributed by atoms with Crippen LogP contribution in [0.15, 0.2) is 42.5 Å². The summed E-state index contributed by atoms with van der Waals surface area (Å²) in [5.41, 5.74) is 3.79. The first-order chi connectivity index (χ1) is 12.2. The van der Waals surface area contributed by atoms with Crippen LogP contribution in [0.1, 0.15) is 28.8 Å². The average Bonchev–Trinajstić information content (AvgIpc) is 3.02. The van der Waals surface area contributed by atoms with Crippen molar-refractivity contribution in [2.45, 2.75) is 19.4 Å². The number of hydrogen-bond acceptors (Lipinski definition) is 4. The Hall–Kier alpha value is -3.44. The van der Waals surface area contributed by atoms with Crippen LogP contribution in [-0.2, 0) is 6.54 Å². The molecule has 1 aliphatic carbocycles. The second kappa shape index (κ2) is 5.89. The Bertz CT molecular complexity index is 1080. The molecule has 25 heavy (non-hydrogen) atoms. The molecule has 1 aromatic heterocycles. The number of carbonyl (C=O) groups excluding carboxylic acids is 1. The first-order valence-electron chi connectivity index (χ1n) is 8.14. The van der Waals surface area contributed by atoms with Crippen molar-refractivity contribution in [2.24, 2.45) is 5.92 Å². The lowest BCUT2D eigenvalue weighted by molar-refractivity contribution is 0.104. The highest BCUT2D eigenvalue weighted by Gasteiger charge is 2.28. The highest BCUT2D eigenvalue weighted by Crippen LogP contribution is 2.38. The van der Waals surface area contributed by atoms with Crippen LogP contribution in [-0.4, -0.2) is 15.6 Å². The van der Waals surface area contributed by atoms with Crippen molar-refractivity contribution in [1.29, 1.82) is 10.5 Å². The molecular weight excluding hydrogens is 312 g/mol. The number of ketones is 1. The molecule has 120 valence electrons. The van der Waals surface area contributed by atoms with Crippen molar-refractivity contribution >= 4 is 16.7 Å². The summed E-state index contributed by atoms with van der Waals surface area (Å²) in [6.07, 6.45) is 0.857. The maximum atomic E-state index is 12.8. The van der Waals surface area contributed by atoms with Crippen molar-refractivity contribution in [3.8, 4) is 23.4 Å². The fourth-order valence-electron chi connectivity index (χ4n) is 3.42. The first-order valence-corrected chi connectivity index (χ1v) is 8.14. The number of benzene rings is 2. The van der Waals surface area contributed by atoms with E-state index in [1.807, 2.05) is 42.5 Å². The Balaban J connectivity index is 1.88. The second-order valence-electron chi connectivity index (χ2n) is 6.13. The lowest BCUT2D eigenvalue weighted by atomic mass is 9.87. The van der Waals surface area contributed by atoms with Crippen LogP contribution >= 0.6 is 0 Å². The molecule has 0 radical (unpaired) electrons. The predicted octanol–water partition coefficient (Wildman–Crippen LogP) is 3.69. The van der Waals surface area contributed by atoms with Gasteiger partial charge < -0.3 is 0 Å². The molecule has 0 saturated heterocycles. The van der Waals surface area contributed by atoms with E-state index in [-0.39, 0.29) is 11.7 Å². The van der Waals surface area contributed by atoms with E-state index in [0.29, 0.717) is 30.5 Å². The Morgan fingerprint density at radius 2 is 1.80 bits per heavy atom. The summed E-state index contributed by atoms with van der Waals surface area (Å²) >= 11 is 0. The van der Waals surface area contributed by atoms with E-state index >= 15 is 0 Å². The van der Waals surface area contributed by atoms with Gasteiger partial charge in [-0.05, 0) is 12.5 Å². The van der Waals surface area contributed by atoms with Crippen LogP contribution in [0.5, 0.6) is 0 Å². The van der Waals surface area contributed by atoms with Crippen LogP contribution in [0.2, 0.25) is 0 Å². The fraction of sp³-hybridized carbons (Fsp3) is 0.200. The molecule has 1 atom stereocenters. The van der Waals surface area contributed by atoms with Crippen LogP contribution in [0.25, 0.3) is 22.2 Å². The van der Waals surface area contributed by atoms with E-state index in [9.17, 15) is 10.1 Å². The predicted molar refractivity (Wildman–Crippen MR) is 92.6 cm³/mol. The van der Waals surface area contributed by atoms with Crippen molar-refractivity contribution < 1.29 is 4.79 Å². The number of nitrogens with zero attached hydrogens (tertiary/aromatic N) is 4. The Morgan fingerprint density at radius 1 is 1.04 bits per heavy atom. The van der Waals surface area contributed by atoms with Gasteiger partial charge in [0.25, 0.3) is 0 Å². The molecule has 0 N–H and O–H groups in total. The standard InChI is InChI=1S/C20H14N4O/c21-10-4-5-13(11-22)12-24-17-9-3-8-16-18(17)19(23-24)14-6-1-2-7-15(14)20(16)25/h1-3,6-9,13H,4-5,12H2/t13-/m0/s1. The van der Waals surface area contributed by atoms with Gasteiger partial charge in [0.2, 0.25) is 0 Å². The zero-order valence-electron chi connectivity index (χ0n) is 13.4. The van der Waals surface area contributed by atoms with Gasteiger partial charge in [-0.25, -0.2) is 0 Å². The molecule has 0 spiro atoms. The molecule has 4 rings (SSSR count). The molecule has 1 aliphatic rings. The molecule has 0 bridgehead atoms. The summed E-state index contributed by atoms with van der Waals surface area (Å²) in [5, 5.41) is 23.7. The zero-order valence-corrected chi connectivity index (χ0v) is 13.4.